The van der Waals surface area contributed by atoms with E-state index in [0.29, 0.717) is 5.75 Å². The SMILES string of the molecule is Cc1oc(-n2cccc2)c(C#N)c1C(=O)OCC(=O)NCCOc1ccccc1. The fourth-order valence-corrected chi connectivity index (χ4v) is 2.66. The Labute approximate surface area is 167 Å². The summed E-state index contributed by atoms with van der Waals surface area (Å²) in [6, 6.07) is 14.7. The number of benzene rings is 1. The maximum Gasteiger partial charge on any atom is 0.343 e. The largest absolute Gasteiger partial charge is 0.492 e. The molecule has 0 bridgehead atoms. The number of hydrogen-bond donors (Lipinski definition) is 1. The van der Waals surface area contributed by atoms with Gasteiger partial charge in [-0.05, 0) is 31.2 Å². The van der Waals surface area contributed by atoms with E-state index in [1.54, 1.807) is 36.0 Å². The predicted octanol–water partition coefficient (Wildman–Crippen LogP) is 2.60. The summed E-state index contributed by atoms with van der Waals surface area (Å²) in [7, 11) is 0. The van der Waals surface area contributed by atoms with Crippen LogP contribution in [0, 0.1) is 18.3 Å². The van der Waals surface area contributed by atoms with Crippen LogP contribution in [0.2, 0.25) is 0 Å². The Bertz CT molecular complexity index is 1020. The normalized spacial score (nSPS) is 10.2. The molecule has 0 aliphatic heterocycles. The van der Waals surface area contributed by atoms with E-state index >= 15 is 0 Å². The molecule has 3 aromatic rings. The Balaban J connectivity index is 1.51. The smallest absolute Gasteiger partial charge is 0.343 e. The average molecular weight is 393 g/mol. The number of hydrogen-bond acceptors (Lipinski definition) is 6. The lowest BCUT2D eigenvalue weighted by Gasteiger charge is -2.08. The standard InChI is InChI=1S/C21H19N3O5/c1-15-19(17(13-22)20(29-15)24-10-5-6-11-24)21(26)28-14-18(25)23-9-12-27-16-7-3-2-4-8-16/h2-8,10-11H,9,12,14H2,1H3,(H,23,25). The number of amides is 1. The van der Waals surface area contributed by atoms with Crippen molar-refractivity contribution in [1.82, 2.24) is 9.88 Å². The molecule has 2 aromatic heterocycles. The quantitative estimate of drug-likeness (QED) is 0.466. The number of nitrogens with zero attached hydrogens (tertiary/aromatic N) is 2. The second-order valence-electron chi connectivity index (χ2n) is 6.00. The van der Waals surface area contributed by atoms with Crippen LogP contribution in [0.1, 0.15) is 21.7 Å². The van der Waals surface area contributed by atoms with Gasteiger partial charge in [0.15, 0.2) is 6.61 Å². The van der Waals surface area contributed by atoms with Crippen molar-refractivity contribution in [2.45, 2.75) is 6.92 Å². The Morgan fingerprint density at radius 2 is 1.90 bits per heavy atom. The first-order valence-corrected chi connectivity index (χ1v) is 8.88. The number of carbonyl (C=O) groups is 2. The first-order valence-electron chi connectivity index (χ1n) is 8.88. The van der Waals surface area contributed by atoms with E-state index in [-0.39, 0.29) is 35.9 Å². The monoisotopic (exact) mass is 393 g/mol. The highest BCUT2D eigenvalue weighted by Gasteiger charge is 2.26. The van der Waals surface area contributed by atoms with E-state index < -0.39 is 18.5 Å². The Morgan fingerprint density at radius 1 is 1.17 bits per heavy atom. The van der Waals surface area contributed by atoms with Crippen LogP contribution < -0.4 is 10.1 Å². The second-order valence-corrected chi connectivity index (χ2v) is 6.00. The van der Waals surface area contributed by atoms with Gasteiger partial charge in [0.1, 0.15) is 35.3 Å². The van der Waals surface area contributed by atoms with Crippen molar-refractivity contribution in [3.05, 3.63) is 71.7 Å². The first kappa shape index (κ1) is 19.8. The zero-order chi connectivity index (χ0) is 20.6. The lowest BCUT2D eigenvalue weighted by Crippen LogP contribution is -2.32. The molecular weight excluding hydrogens is 374 g/mol. The fourth-order valence-electron chi connectivity index (χ4n) is 2.66. The number of carbonyl (C=O) groups excluding carboxylic acids is 2. The number of para-hydroxylation sites is 1. The maximum atomic E-state index is 12.4. The van der Waals surface area contributed by atoms with Crippen molar-refractivity contribution < 1.29 is 23.5 Å². The molecule has 8 heteroatoms. The van der Waals surface area contributed by atoms with E-state index in [9.17, 15) is 14.9 Å². The van der Waals surface area contributed by atoms with Crippen LogP contribution >= 0.6 is 0 Å². The summed E-state index contributed by atoms with van der Waals surface area (Å²) in [5.74, 6) is -0.0975. The number of esters is 1. The van der Waals surface area contributed by atoms with E-state index in [4.69, 9.17) is 13.9 Å². The molecule has 0 fully saturated rings. The van der Waals surface area contributed by atoms with Gasteiger partial charge in [-0.25, -0.2) is 4.79 Å². The van der Waals surface area contributed by atoms with E-state index in [0.717, 1.165) is 0 Å². The Hall–Kier alpha value is -3.99. The molecule has 0 spiro atoms. The topological polar surface area (TPSA) is 106 Å². The minimum Gasteiger partial charge on any atom is -0.492 e. The van der Waals surface area contributed by atoms with Gasteiger partial charge in [-0.1, -0.05) is 18.2 Å². The van der Waals surface area contributed by atoms with Crippen molar-refractivity contribution in [1.29, 1.82) is 5.26 Å². The highest BCUT2D eigenvalue weighted by Crippen LogP contribution is 2.26. The number of nitriles is 1. The van der Waals surface area contributed by atoms with Gasteiger partial charge < -0.3 is 19.2 Å². The number of furan rings is 1. The van der Waals surface area contributed by atoms with E-state index in [1.807, 2.05) is 36.4 Å². The van der Waals surface area contributed by atoms with E-state index in [1.165, 1.54) is 0 Å². The van der Waals surface area contributed by atoms with Crippen LogP contribution in [-0.2, 0) is 9.53 Å². The molecule has 0 atom stereocenters. The summed E-state index contributed by atoms with van der Waals surface area (Å²) in [5.41, 5.74) is 0.0665. The summed E-state index contributed by atoms with van der Waals surface area (Å²) >= 11 is 0. The summed E-state index contributed by atoms with van der Waals surface area (Å²) in [5, 5.41) is 12.0. The van der Waals surface area contributed by atoms with Crippen LogP contribution in [0.25, 0.3) is 5.88 Å². The van der Waals surface area contributed by atoms with Crippen molar-refractivity contribution in [3.8, 4) is 17.7 Å². The van der Waals surface area contributed by atoms with Crippen LogP contribution in [0.3, 0.4) is 0 Å². The molecule has 0 aliphatic rings. The molecule has 0 aliphatic carbocycles. The van der Waals surface area contributed by atoms with Gasteiger partial charge in [0.25, 0.3) is 5.91 Å². The Kier molecular flexibility index (Phi) is 6.32. The lowest BCUT2D eigenvalue weighted by molar-refractivity contribution is -0.124. The van der Waals surface area contributed by atoms with Crippen LogP contribution in [0.15, 0.2) is 59.3 Å². The third-order valence-electron chi connectivity index (χ3n) is 3.99. The average Bonchev–Trinajstić information content (AvgIpc) is 3.37. The summed E-state index contributed by atoms with van der Waals surface area (Å²) in [6.07, 6.45) is 3.39. The lowest BCUT2D eigenvalue weighted by atomic mass is 10.1. The molecule has 0 saturated heterocycles. The van der Waals surface area contributed by atoms with Gasteiger partial charge in [0.05, 0.1) is 6.54 Å². The van der Waals surface area contributed by atoms with Crippen LogP contribution in [0.5, 0.6) is 5.75 Å². The number of aromatic nitrogens is 1. The summed E-state index contributed by atoms with van der Waals surface area (Å²) in [6.45, 7) is 1.63. The third-order valence-corrected chi connectivity index (χ3v) is 3.99. The van der Waals surface area contributed by atoms with Gasteiger partial charge in [-0.3, -0.25) is 9.36 Å². The molecule has 0 unspecified atom stereocenters. The number of aryl methyl sites for hydroxylation is 1. The predicted molar refractivity (Wildman–Crippen MR) is 103 cm³/mol. The molecule has 1 N–H and O–H groups in total. The molecule has 1 aromatic carbocycles. The van der Waals surface area contributed by atoms with Gasteiger partial charge in [0.2, 0.25) is 5.88 Å². The van der Waals surface area contributed by atoms with Crippen molar-refractivity contribution >= 4 is 11.9 Å². The highest BCUT2D eigenvalue weighted by molar-refractivity contribution is 5.95. The van der Waals surface area contributed by atoms with Gasteiger partial charge in [-0.15, -0.1) is 0 Å². The van der Waals surface area contributed by atoms with Gasteiger partial charge >= 0.3 is 5.97 Å². The van der Waals surface area contributed by atoms with Gasteiger partial charge in [-0.2, -0.15) is 5.26 Å². The molecule has 0 radical (unpaired) electrons. The first-order chi connectivity index (χ1) is 14.1. The summed E-state index contributed by atoms with van der Waals surface area (Å²) in [4.78, 5) is 24.3. The number of ether oxygens (including phenoxy) is 2. The number of nitrogens with one attached hydrogen (secondary N) is 1. The molecule has 2 heterocycles. The Morgan fingerprint density at radius 3 is 2.59 bits per heavy atom. The fraction of sp³-hybridized carbons (Fsp3) is 0.190. The van der Waals surface area contributed by atoms with Crippen molar-refractivity contribution in [2.75, 3.05) is 19.8 Å². The maximum absolute atomic E-state index is 12.4. The van der Waals surface area contributed by atoms with Gasteiger partial charge in [0, 0.05) is 12.4 Å². The molecule has 3 rings (SSSR count). The molecule has 148 valence electrons. The molecule has 0 saturated carbocycles. The van der Waals surface area contributed by atoms with Crippen LogP contribution in [-0.4, -0.2) is 36.2 Å². The molecule has 29 heavy (non-hydrogen) atoms. The zero-order valence-electron chi connectivity index (χ0n) is 15.8. The van der Waals surface area contributed by atoms with E-state index in [2.05, 4.69) is 5.32 Å². The third kappa shape index (κ3) is 4.84. The summed E-state index contributed by atoms with van der Waals surface area (Å²) < 4.78 is 17.6. The molecular formula is C21H19N3O5. The highest BCUT2D eigenvalue weighted by atomic mass is 16.5. The van der Waals surface area contributed by atoms with Crippen LogP contribution in [0.4, 0.5) is 0 Å². The second kappa shape index (κ2) is 9.28. The molecule has 1 amide bonds. The minimum atomic E-state index is -0.795. The van der Waals surface area contributed by atoms with Crippen molar-refractivity contribution in [3.63, 3.8) is 0 Å². The zero-order valence-corrected chi connectivity index (χ0v) is 15.8. The number of rotatable bonds is 8. The van der Waals surface area contributed by atoms with Crippen molar-refractivity contribution in [2.24, 2.45) is 0 Å². The molecule has 8 nitrogen and oxygen atoms in total. The minimum absolute atomic E-state index is 0.0106.